The predicted molar refractivity (Wildman–Crippen MR) is 70.1 cm³/mol. The topological polar surface area (TPSA) is 12.0 Å². The number of hydrogen-bond acceptors (Lipinski definition) is 1. The molecule has 0 saturated carbocycles. The summed E-state index contributed by atoms with van der Waals surface area (Å²) < 4.78 is 27.2. The lowest BCUT2D eigenvalue weighted by Crippen LogP contribution is -2.36. The molecule has 1 aliphatic rings. The van der Waals surface area contributed by atoms with Crippen LogP contribution in [-0.4, -0.2) is 12.6 Å². The summed E-state index contributed by atoms with van der Waals surface area (Å²) in [5.41, 5.74) is 2.02. The van der Waals surface area contributed by atoms with E-state index in [1.165, 1.54) is 12.8 Å². The highest BCUT2D eigenvalue weighted by Gasteiger charge is 2.28. The molecule has 1 fully saturated rings. The maximum atomic E-state index is 13.6. The van der Waals surface area contributed by atoms with Crippen molar-refractivity contribution in [3.05, 3.63) is 34.9 Å². The quantitative estimate of drug-likeness (QED) is 0.864. The number of hydrogen-bond donors (Lipinski definition) is 1. The van der Waals surface area contributed by atoms with Crippen LogP contribution in [0, 0.1) is 6.92 Å². The summed E-state index contributed by atoms with van der Waals surface area (Å²) in [7, 11) is 0. The fourth-order valence-electron chi connectivity index (χ4n) is 2.68. The Morgan fingerprint density at radius 1 is 1.33 bits per heavy atom. The molecule has 1 N–H and O–H groups in total. The van der Waals surface area contributed by atoms with Gasteiger partial charge in [0.05, 0.1) is 0 Å². The molecule has 1 aliphatic heterocycles. The summed E-state index contributed by atoms with van der Waals surface area (Å²) in [6.45, 7) is 3.94. The average Bonchev–Trinajstić information content (AvgIpc) is 2.28. The molecular weight excluding hydrogens is 232 g/mol. The molecule has 1 heterocycles. The number of piperidine rings is 1. The summed E-state index contributed by atoms with van der Waals surface area (Å²) in [5, 5.41) is 3.42. The minimum atomic E-state index is -2.75. The number of rotatable bonds is 3. The van der Waals surface area contributed by atoms with Crippen LogP contribution in [0.4, 0.5) is 8.78 Å². The Labute approximate surface area is 108 Å². The van der Waals surface area contributed by atoms with Crippen molar-refractivity contribution < 1.29 is 8.78 Å². The molecule has 0 aromatic heterocycles. The SMILES string of the molecule is Cc1ccc(C(C)(F)F)c(CC2CCCCN2)c1. The number of nitrogens with one attached hydrogen (secondary N) is 1. The summed E-state index contributed by atoms with van der Waals surface area (Å²) in [4.78, 5) is 0. The van der Waals surface area contributed by atoms with Gasteiger partial charge in [-0.25, -0.2) is 8.78 Å². The van der Waals surface area contributed by atoms with E-state index in [0.29, 0.717) is 12.5 Å². The highest BCUT2D eigenvalue weighted by molar-refractivity contribution is 5.35. The maximum absolute atomic E-state index is 13.6. The molecule has 1 atom stereocenters. The van der Waals surface area contributed by atoms with Gasteiger partial charge >= 0.3 is 0 Å². The third-order valence-electron chi connectivity index (χ3n) is 3.61. The van der Waals surface area contributed by atoms with Gasteiger partial charge in [0, 0.05) is 18.5 Å². The van der Waals surface area contributed by atoms with E-state index < -0.39 is 5.92 Å². The van der Waals surface area contributed by atoms with Crippen molar-refractivity contribution in [2.45, 2.75) is 51.5 Å². The number of benzene rings is 1. The van der Waals surface area contributed by atoms with Crippen molar-refractivity contribution in [1.29, 1.82) is 0 Å². The van der Waals surface area contributed by atoms with Crippen molar-refractivity contribution in [2.24, 2.45) is 0 Å². The van der Waals surface area contributed by atoms with Crippen LogP contribution in [-0.2, 0) is 12.3 Å². The minimum Gasteiger partial charge on any atom is -0.314 e. The Balaban J connectivity index is 2.21. The van der Waals surface area contributed by atoms with Crippen LogP contribution in [0.25, 0.3) is 0 Å². The second-order valence-corrected chi connectivity index (χ2v) is 5.40. The monoisotopic (exact) mass is 253 g/mol. The summed E-state index contributed by atoms with van der Waals surface area (Å²) in [6.07, 6.45) is 4.19. The zero-order chi connectivity index (χ0) is 13.2. The third-order valence-corrected chi connectivity index (χ3v) is 3.61. The lowest BCUT2D eigenvalue weighted by atomic mass is 9.92. The summed E-state index contributed by atoms with van der Waals surface area (Å²) >= 11 is 0. The Morgan fingerprint density at radius 2 is 2.11 bits per heavy atom. The van der Waals surface area contributed by atoms with Crippen molar-refractivity contribution in [2.75, 3.05) is 6.54 Å². The van der Waals surface area contributed by atoms with Gasteiger partial charge in [0.2, 0.25) is 0 Å². The second kappa shape index (κ2) is 5.35. The van der Waals surface area contributed by atoms with Gasteiger partial charge in [-0.15, -0.1) is 0 Å². The van der Waals surface area contributed by atoms with Crippen LogP contribution in [0.5, 0.6) is 0 Å². The van der Waals surface area contributed by atoms with E-state index in [2.05, 4.69) is 5.32 Å². The molecule has 0 aliphatic carbocycles. The van der Waals surface area contributed by atoms with Gasteiger partial charge in [0.15, 0.2) is 0 Å². The largest absolute Gasteiger partial charge is 0.314 e. The minimum absolute atomic E-state index is 0.181. The number of alkyl halides is 2. The first kappa shape index (κ1) is 13.5. The van der Waals surface area contributed by atoms with Crippen molar-refractivity contribution in [3.63, 3.8) is 0 Å². The molecule has 1 aromatic rings. The lowest BCUT2D eigenvalue weighted by Gasteiger charge is -2.25. The van der Waals surface area contributed by atoms with Crippen LogP contribution in [0.1, 0.15) is 42.9 Å². The molecule has 1 unspecified atom stereocenters. The van der Waals surface area contributed by atoms with E-state index >= 15 is 0 Å². The zero-order valence-corrected chi connectivity index (χ0v) is 11.1. The van der Waals surface area contributed by atoms with E-state index in [1.807, 2.05) is 13.0 Å². The smallest absolute Gasteiger partial charge is 0.270 e. The van der Waals surface area contributed by atoms with E-state index in [9.17, 15) is 8.78 Å². The van der Waals surface area contributed by atoms with Crippen molar-refractivity contribution in [3.8, 4) is 0 Å². The third kappa shape index (κ3) is 3.29. The molecule has 100 valence electrons. The van der Waals surface area contributed by atoms with E-state index in [-0.39, 0.29) is 5.56 Å². The lowest BCUT2D eigenvalue weighted by molar-refractivity contribution is 0.0164. The van der Waals surface area contributed by atoms with E-state index in [1.54, 1.807) is 12.1 Å². The number of aryl methyl sites for hydroxylation is 1. The van der Waals surface area contributed by atoms with Gasteiger partial charge in [-0.3, -0.25) is 0 Å². The first-order valence-corrected chi connectivity index (χ1v) is 6.68. The van der Waals surface area contributed by atoms with E-state index in [0.717, 1.165) is 31.0 Å². The molecule has 3 heteroatoms. The molecular formula is C15H21F2N. The van der Waals surface area contributed by atoms with Crippen LogP contribution >= 0.6 is 0 Å². The Hall–Kier alpha value is -0.960. The number of halogens is 2. The first-order valence-electron chi connectivity index (χ1n) is 6.68. The van der Waals surface area contributed by atoms with Gasteiger partial charge in [0.1, 0.15) is 0 Å². The molecule has 2 rings (SSSR count). The molecule has 1 saturated heterocycles. The predicted octanol–water partition coefficient (Wildman–Crippen LogP) is 3.79. The molecule has 0 spiro atoms. The molecule has 0 amide bonds. The highest BCUT2D eigenvalue weighted by atomic mass is 19.3. The first-order chi connectivity index (χ1) is 8.47. The summed E-state index contributed by atoms with van der Waals surface area (Å²) in [6, 6.07) is 5.60. The van der Waals surface area contributed by atoms with Gasteiger partial charge in [-0.05, 0) is 38.3 Å². The van der Waals surface area contributed by atoms with Crippen LogP contribution in [0.15, 0.2) is 18.2 Å². The van der Waals surface area contributed by atoms with Gasteiger partial charge in [-0.1, -0.05) is 30.2 Å². The highest BCUT2D eigenvalue weighted by Crippen LogP contribution is 2.31. The van der Waals surface area contributed by atoms with Crippen LogP contribution in [0.3, 0.4) is 0 Å². The molecule has 18 heavy (non-hydrogen) atoms. The molecule has 0 radical (unpaired) electrons. The standard InChI is InChI=1S/C15H21F2N/c1-11-6-7-14(15(2,16)17)12(9-11)10-13-5-3-4-8-18-13/h6-7,9,13,18H,3-5,8,10H2,1-2H3. The Bertz CT molecular complexity index is 403. The molecule has 1 aromatic carbocycles. The van der Waals surface area contributed by atoms with Gasteiger partial charge in [-0.2, -0.15) is 0 Å². The zero-order valence-electron chi connectivity index (χ0n) is 11.1. The van der Waals surface area contributed by atoms with Crippen molar-refractivity contribution in [1.82, 2.24) is 5.32 Å². The van der Waals surface area contributed by atoms with Gasteiger partial charge in [0.25, 0.3) is 5.92 Å². The van der Waals surface area contributed by atoms with Crippen molar-refractivity contribution >= 4 is 0 Å². The Morgan fingerprint density at radius 3 is 2.72 bits per heavy atom. The second-order valence-electron chi connectivity index (χ2n) is 5.40. The fraction of sp³-hybridized carbons (Fsp3) is 0.600. The molecule has 1 nitrogen and oxygen atoms in total. The molecule has 0 bridgehead atoms. The van der Waals surface area contributed by atoms with Crippen LogP contribution < -0.4 is 5.32 Å². The summed E-state index contributed by atoms with van der Waals surface area (Å²) in [5.74, 6) is -2.75. The maximum Gasteiger partial charge on any atom is 0.270 e. The normalized spacial score (nSPS) is 21.0. The van der Waals surface area contributed by atoms with Gasteiger partial charge < -0.3 is 5.32 Å². The van der Waals surface area contributed by atoms with Crippen LogP contribution in [0.2, 0.25) is 0 Å². The fourth-order valence-corrected chi connectivity index (χ4v) is 2.68. The van der Waals surface area contributed by atoms with E-state index in [4.69, 9.17) is 0 Å². The average molecular weight is 253 g/mol. The Kier molecular flexibility index (Phi) is 4.00.